The van der Waals surface area contributed by atoms with Crippen molar-refractivity contribution >= 4 is 27.5 Å². The Morgan fingerprint density at radius 2 is 1.50 bits per heavy atom. The minimum Gasteiger partial charge on any atom is -0.354 e. The van der Waals surface area contributed by atoms with Crippen LogP contribution in [0.25, 0.3) is 0 Å². The van der Waals surface area contributed by atoms with Gasteiger partial charge in [-0.25, -0.2) is 8.42 Å². The Balaban J connectivity index is 2.04. The fourth-order valence-corrected chi connectivity index (χ4v) is 5.99. The maximum atomic E-state index is 14.1. The number of carbonyl (C=O) groups is 2. The molecule has 1 N–H and O–H groups in total. The number of aryl methyl sites for hydroxylation is 3. The van der Waals surface area contributed by atoms with Gasteiger partial charge in [-0.1, -0.05) is 79.9 Å². The van der Waals surface area contributed by atoms with Crippen LogP contribution in [-0.2, 0) is 26.2 Å². The molecule has 0 aliphatic carbocycles. The summed E-state index contributed by atoms with van der Waals surface area (Å²) >= 11 is 0. The van der Waals surface area contributed by atoms with Crippen LogP contribution >= 0.6 is 0 Å². The summed E-state index contributed by atoms with van der Waals surface area (Å²) in [6.07, 6.45) is 2.17. The van der Waals surface area contributed by atoms with Gasteiger partial charge < -0.3 is 10.2 Å². The van der Waals surface area contributed by atoms with E-state index < -0.39 is 28.5 Å². The Labute approximate surface area is 239 Å². The number of unbranched alkanes of at least 4 members (excludes halogenated alkanes) is 1. The summed E-state index contributed by atoms with van der Waals surface area (Å²) in [4.78, 5) is 29.0. The molecular formula is C32H41N3O4S. The molecule has 0 radical (unpaired) electrons. The molecule has 3 aromatic carbocycles. The molecule has 0 aromatic heterocycles. The van der Waals surface area contributed by atoms with Gasteiger partial charge in [0, 0.05) is 13.1 Å². The molecule has 3 aromatic rings. The van der Waals surface area contributed by atoms with Gasteiger partial charge in [-0.2, -0.15) is 0 Å². The molecule has 40 heavy (non-hydrogen) atoms. The summed E-state index contributed by atoms with van der Waals surface area (Å²) in [5.41, 5.74) is 4.10. The highest BCUT2D eigenvalue weighted by Crippen LogP contribution is 2.26. The number of nitrogens with one attached hydrogen (secondary N) is 1. The summed E-state index contributed by atoms with van der Waals surface area (Å²) < 4.78 is 29.0. The first-order chi connectivity index (χ1) is 19.1. The van der Waals surface area contributed by atoms with Crippen molar-refractivity contribution in [2.24, 2.45) is 0 Å². The molecular weight excluding hydrogens is 522 g/mol. The minimum absolute atomic E-state index is 0.0991. The Morgan fingerprint density at radius 1 is 0.850 bits per heavy atom. The molecule has 0 aliphatic rings. The molecule has 0 heterocycles. The van der Waals surface area contributed by atoms with Crippen LogP contribution in [-0.4, -0.2) is 44.3 Å². The quantitative estimate of drug-likeness (QED) is 0.277. The second kappa shape index (κ2) is 14.1. The van der Waals surface area contributed by atoms with E-state index in [4.69, 9.17) is 0 Å². The van der Waals surface area contributed by atoms with E-state index in [1.807, 2.05) is 65.0 Å². The third kappa shape index (κ3) is 7.94. The maximum absolute atomic E-state index is 14.1. The van der Waals surface area contributed by atoms with Crippen molar-refractivity contribution < 1.29 is 18.0 Å². The molecule has 214 valence electrons. The van der Waals surface area contributed by atoms with Crippen molar-refractivity contribution in [3.63, 3.8) is 0 Å². The van der Waals surface area contributed by atoms with E-state index in [9.17, 15) is 18.0 Å². The lowest BCUT2D eigenvalue weighted by molar-refractivity contribution is -0.140. The Kier molecular flexibility index (Phi) is 10.9. The first-order valence-electron chi connectivity index (χ1n) is 13.9. The van der Waals surface area contributed by atoms with E-state index in [0.717, 1.165) is 39.4 Å². The molecule has 0 saturated heterocycles. The molecule has 3 rings (SSSR count). The van der Waals surface area contributed by atoms with E-state index in [2.05, 4.69) is 5.32 Å². The van der Waals surface area contributed by atoms with Gasteiger partial charge in [0.05, 0.1) is 10.6 Å². The van der Waals surface area contributed by atoms with Crippen molar-refractivity contribution in [2.45, 2.75) is 71.4 Å². The fraction of sp³-hybridized carbons (Fsp3) is 0.375. The Morgan fingerprint density at radius 3 is 2.10 bits per heavy atom. The van der Waals surface area contributed by atoms with Crippen LogP contribution in [0, 0.1) is 20.8 Å². The minimum atomic E-state index is -4.08. The Bertz CT molecular complexity index is 1400. The highest BCUT2D eigenvalue weighted by Gasteiger charge is 2.33. The lowest BCUT2D eigenvalue weighted by Crippen LogP contribution is -2.52. The van der Waals surface area contributed by atoms with Crippen LogP contribution in [0.4, 0.5) is 5.69 Å². The third-order valence-corrected chi connectivity index (χ3v) is 8.62. The average molecular weight is 564 g/mol. The number of rotatable bonds is 13. The number of hydrogen-bond acceptors (Lipinski definition) is 4. The lowest BCUT2D eigenvalue weighted by Gasteiger charge is -2.33. The van der Waals surface area contributed by atoms with Crippen molar-refractivity contribution in [3.8, 4) is 0 Å². The predicted octanol–water partition coefficient (Wildman–Crippen LogP) is 5.53. The van der Waals surface area contributed by atoms with Crippen LogP contribution in [0.15, 0.2) is 77.7 Å². The van der Waals surface area contributed by atoms with E-state index in [1.165, 1.54) is 4.90 Å². The molecule has 1 atom stereocenters. The first-order valence-corrected chi connectivity index (χ1v) is 15.3. The zero-order valence-electron chi connectivity index (χ0n) is 24.2. The van der Waals surface area contributed by atoms with Gasteiger partial charge in [-0.05, 0) is 69.0 Å². The van der Waals surface area contributed by atoms with Crippen molar-refractivity contribution in [1.82, 2.24) is 10.2 Å². The highest BCUT2D eigenvalue weighted by atomic mass is 32.2. The third-order valence-electron chi connectivity index (χ3n) is 6.83. The standard InChI is InChI=1S/C32H41N3O4S/c1-6-8-19-33-32(37)30(7-2)34(22-27-13-9-11-25(4)20-27)31(36)23-35(28-14-10-12-26(5)21-28)40(38,39)29-17-15-24(3)16-18-29/h9-18,20-21,30H,6-8,19,22-23H2,1-5H3,(H,33,37)/t30-/m1/s1. The molecule has 0 bridgehead atoms. The monoisotopic (exact) mass is 563 g/mol. The number of hydrogen-bond donors (Lipinski definition) is 1. The van der Waals surface area contributed by atoms with Crippen LogP contribution < -0.4 is 9.62 Å². The summed E-state index contributed by atoms with van der Waals surface area (Å²) in [5.74, 6) is -0.684. The number of sulfonamides is 1. The lowest BCUT2D eigenvalue weighted by atomic mass is 10.1. The summed E-state index contributed by atoms with van der Waals surface area (Å²) in [5, 5.41) is 2.96. The summed E-state index contributed by atoms with van der Waals surface area (Å²) in [6.45, 7) is 9.91. The van der Waals surface area contributed by atoms with E-state index in [0.29, 0.717) is 18.7 Å². The number of anilines is 1. The van der Waals surface area contributed by atoms with Crippen LogP contribution in [0.2, 0.25) is 0 Å². The molecule has 8 heteroatoms. The van der Waals surface area contributed by atoms with Crippen molar-refractivity contribution in [1.29, 1.82) is 0 Å². The molecule has 0 fully saturated rings. The van der Waals surface area contributed by atoms with Gasteiger partial charge in [0.15, 0.2) is 0 Å². The van der Waals surface area contributed by atoms with Crippen molar-refractivity contribution in [2.75, 3.05) is 17.4 Å². The maximum Gasteiger partial charge on any atom is 0.264 e. The zero-order chi connectivity index (χ0) is 29.3. The molecule has 0 saturated carbocycles. The number of nitrogens with zero attached hydrogens (tertiary/aromatic N) is 2. The molecule has 2 amide bonds. The van der Waals surface area contributed by atoms with Crippen LogP contribution in [0.3, 0.4) is 0 Å². The SMILES string of the molecule is CCCCNC(=O)[C@@H](CC)N(Cc1cccc(C)c1)C(=O)CN(c1cccc(C)c1)S(=O)(=O)c1ccc(C)cc1. The molecule has 0 spiro atoms. The predicted molar refractivity (Wildman–Crippen MR) is 161 cm³/mol. The highest BCUT2D eigenvalue weighted by molar-refractivity contribution is 7.92. The first kappa shape index (κ1) is 30.9. The van der Waals surface area contributed by atoms with E-state index in [1.54, 1.807) is 42.5 Å². The molecule has 0 aliphatic heterocycles. The second-order valence-corrected chi connectivity index (χ2v) is 12.1. The number of amides is 2. The van der Waals surface area contributed by atoms with Gasteiger partial charge in [0.25, 0.3) is 10.0 Å². The molecule has 0 unspecified atom stereocenters. The van der Waals surface area contributed by atoms with Gasteiger partial charge in [0.1, 0.15) is 12.6 Å². The van der Waals surface area contributed by atoms with E-state index >= 15 is 0 Å². The Hall–Kier alpha value is -3.65. The van der Waals surface area contributed by atoms with Crippen molar-refractivity contribution in [3.05, 3.63) is 95.1 Å². The van der Waals surface area contributed by atoms with Gasteiger partial charge in [-0.15, -0.1) is 0 Å². The normalized spacial score (nSPS) is 12.0. The van der Waals surface area contributed by atoms with Crippen LogP contribution in [0.5, 0.6) is 0 Å². The fourth-order valence-electron chi connectivity index (χ4n) is 4.58. The second-order valence-electron chi connectivity index (χ2n) is 10.2. The van der Waals surface area contributed by atoms with Gasteiger partial charge in [0.2, 0.25) is 11.8 Å². The average Bonchev–Trinajstić information content (AvgIpc) is 2.91. The summed E-state index contributed by atoms with van der Waals surface area (Å²) in [6, 6.07) is 20.7. The number of benzene rings is 3. The molecule has 7 nitrogen and oxygen atoms in total. The smallest absolute Gasteiger partial charge is 0.264 e. The zero-order valence-corrected chi connectivity index (χ0v) is 25.0. The van der Waals surface area contributed by atoms with Gasteiger partial charge in [-0.3, -0.25) is 13.9 Å². The van der Waals surface area contributed by atoms with Crippen LogP contribution in [0.1, 0.15) is 55.4 Å². The largest absolute Gasteiger partial charge is 0.354 e. The topological polar surface area (TPSA) is 86.8 Å². The van der Waals surface area contributed by atoms with Gasteiger partial charge >= 0.3 is 0 Å². The summed E-state index contributed by atoms with van der Waals surface area (Å²) in [7, 11) is -4.08. The van der Waals surface area contributed by atoms with E-state index in [-0.39, 0.29) is 17.3 Å². The number of carbonyl (C=O) groups excluding carboxylic acids is 2.